The minimum absolute atomic E-state index is 0.00798. The fraction of sp³-hybridized carbons (Fsp3) is 0.294. The van der Waals surface area contributed by atoms with E-state index in [2.05, 4.69) is 6.92 Å². The van der Waals surface area contributed by atoms with Crippen LogP contribution in [0.1, 0.15) is 52.4 Å². The largest absolute Gasteiger partial charge is 0.337 e. The number of hydrogen-bond acceptors (Lipinski definition) is 2. The van der Waals surface area contributed by atoms with E-state index in [0.29, 0.717) is 17.8 Å². The first kappa shape index (κ1) is 14.3. The Labute approximate surface area is 119 Å². The summed E-state index contributed by atoms with van der Waals surface area (Å²) in [6, 6.07) is 11.7. The molecule has 0 saturated carbocycles. The zero-order chi connectivity index (χ0) is 14.5. The maximum Gasteiger partial charge on any atom is 0.176 e. The summed E-state index contributed by atoms with van der Waals surface area (Å²) < 4.78 is 1.98. The Kier molecular flexibility index (Phi) is 4.51. The molecule has 0 radical (unpaired) electrons. The highest BCUT2D eigenvalue weighted by atomic mass is 16.1. The molecule has 0 atom stereocenters. The summed E-state index contributed by atoms with van der Waals surface area (Å²) in [5.74, 6) is -0.00798. The Bertz CT molecular complexity index is 611. The number of aromatic nitrogens is 1. The lowest BCUT2D eigenvalue weighted by molar-refractivity contribution is 0.100. The van der Waals surface area contributed by atoms with Gasteiger partial charge in [-0.15, -0.1) is 0 Å². The predicted molar refractivity (Wildman–Crippen MR) is 79.4 cm³/mol. The van der Waals surface area contributed by atoms with Gasteiger partial charge < -0.3 is 4.57 Å². The van der Waals surface area contributed by atoms with Crippen molar-refractivity contribution in [1.29, 1.82) is 0 Å². The third kappa shape index (κ3) is 2.87. The lowest BCUT2D eigenvalue weighted by atomic mass is 10.1. The number of carbonyl (C=O) groups is 2. The van der Waals surface area contributed by atoms with Crippen molar-refractivity contribution in [2.24, 2.45) is 0 Å². The van der Waals surface area contributed by atoms with Crippen molar-refractivity contribution in [3.63, 3.8) is 0 Å². The summed E-state index contributed by atoms with van der Waals surface area (Å²) in [6.45, 7) is 4.24. The van der Waals surface area contributed by atoms with Crippen molar-refractivity contribution in [2.45, 2.75) is 33.2 Å². The van der Waals surface area contributed by atoms with E-state index >= 15 is 0 Å². The molecule has 0 bridgehead atoms. The average Bonchev–Trinajstić information content (AvgIpc) is 2.79. The average molecular weight is 269 g/mol. The number of benzene rings is 1. The van der Waals surface area contributed by atoms with E-state index in [4.69, 9.17) is 0 Å². The number of rotatable bonds is 6. The van der Waals surface area contributed by atoms with Crippen molar-refractivity contribution < 1.29 is 9.59 Å². The van der Waals surface area contributed by atoms with Gasteiger partial charge in [0.25, 0.3) is 0 Å². The van der Waals surface area contributed by atoms with Crippen molar-refractivity contribution in [1.82, 2.24) is 4.57 Å². The van der Waals surface area contributed by atoms with Crippen LogP contribution in [-0.4, -0.2) is 16.6 Å². The molecule has 0 saturated heterocycles. The van der Waals surface area contributed by atoms with E-state index in [1.165, 1.54) is 0 Å². The van der Waals surface area contributed by atoms with Gasteiger partial charge in [0, 0.05) is 24.7 Å². The zero-order valence-corrected chi connectivity index (χ0v) is 11.9. The Morgan fingerprint density at radius 3 is 2.50 bits per heavy atom. The van der Waals surface area contributed by atoms with Crippen LogP contribution in [0.25, 0.3) is 0 Å². The molecule has 0 aliphatic carbocycles. The lowest BCUT2D eigenvalue weighted by Gasteiger charge is -2.12. The molecule has 1 aromatic carbocycles. The highest BCUT2D eigenvalue weighted by Crippen LogP contribution is 2.19. The lowest BCUT2D eigenvalue weighted by Crippen LogP contribution is -2.11. The van der Waals surface area contributed by atoms with Crippen LogP contribution >= 0.6 is 0 Å². The van der Waals surface area contributed by atoms with Gasteiger partial charge in [0.05, 0.1) is 5.69 Å². The quantitative estimate of drug-likeness (QED) is 0.594. The number of carbonyl (C=O) groups excluding carboxylic acids is 2. The van der Waals surface area contributed by atoms with E-state index in [-0.39, 0.29) is 5.78 Å². The molecule has 0 N–H and O–H groups in total. The van der Waals surface area contributed by atoms with Gasteiger partial charge in [-0.2, -0.15) is 0 Å². The summed E-state index contributed by atoms with van der Waals surface area (Å²) in [5, 5.41) is 0. The van der Waals surface area contributed by atoms with Gasteiger partial charge >= 0.3 is 0 Å². The first-order valence-electron chi connectivity index (χ1n) is 6.89. The molecule has 0 fully saturated rings. The Balaban J connectivity index is 2.50. The molecule has 3 nitrogen and oxygen atoms in total. The van der Waals surface area contributed by atoms with Crippen molar-refractivity contribution in [2.75, 3.05) is 0 Å². The van der Waals surface area contributed by atoms with Gasteiger partial charge in [-0.1, -0.05) is 43.7 Å². The second kappa shape index (κ2) is 6.33. The number of Topliss-reactive ketones (excluding diaryl/α,β-unsaturated/α-hetero) is 1. The first-order chi connectivity index (χ1) is 9.67. The van der Waals surface area contributed by atoms with E-state index in [9.17, 15) is 9.59 Å². The highest BCUT2D eigenvalue weighted by Gasteiger charge is 2.17. The van der Waals surface area contributed by atoms with Crippen LogP contribution in [0.5, 0.6) is 0 Å². The summed E-state index contributed by atoms with van der Waals surface area (Å²) in [4.78, 5) is 23.0. The molecular formula is C17H19NO2. The molecule has 3 heteroatoms. The standard InChI is InChI=1S/C17H19NO2/c1-3-7-16-15(12-19)10-17(13(2)20)18(16)11-14-8-5-4-6-9-14/h4-6,8-10,12H,3,7,11H2,1-2H3. The molecule has 104 valence electrons. The number of ketones is 1. The van der Waals surface area contributed by atoms with E-state index in [1.807, 2.05) is 34.9 Å². The minimum atomic E-state index is -0.00798. The third-order valence-corrected chi connectivity index (χ3v) is 3.40. The molecular weight excluding hydrogens is 250 g/mol. The van der Waals surface area contributed by atoms with Gasteiger partial charge in [-0.25, -0.2) is 0 Å². The Morgan fingerprint density at radius 2 is 1.95 bits per heavy atom. The van der Waals surface area contributed by atoms with Crippen LogP contribution in [0.3, 0.4) is 0 Å². The van der Waals surface area contributed by atoms with Crippen LogP contribution in [0.2, 0.25) is 0 Å². The van der Waals surface area contributed by atoms with Crippen LogP contribution in [-0.2, 0) is 13.0 Å². The third-order valence-electron chi connectivity index (χ3n) is 3.40. The van der Waals surface area contributed by atoms with Crippen molar-refractivity contribution in [3.8, 4) is 0 Å². The molecule has 2 aromatic rings. The molecule has 0 amide bonds. The minimum Gasteiger partial charge on any atom is -0.337 e. The van der Waals surface area contributed by atoms with Crippen LogP contribution in [0.15, 0.2) is 36.4 Å². The predicted octanol–water partition coefficient (Wildman–Crippen LogP) is 3.50. The zero-order valence-electron chi connectivity index (χ0n) is 11.9. The highest BCUT2D eigenvalue weighted by molar-refractivity contribution is 5.95. The summed E-state index contributed by atoms with van der Waals surface area (Å²) in [7, 11) is 0. The number of hydrogen-bond donors (Lipinski definition) is 0. The second-order valence-electron chi connectivity index (χ2n) is 4.93. The Morgan fingerprint density at radius 1 is 1.25 bits per heavy atom. The van der Waals surface area contributed by atoms with Crippen LogP contribution in [0.4, 0.5) is 0 Å². The first-order valence-corrected chi connectivity index (χ1v) is 6.89. The maximum atomic E-state index is 11.8. The van der Waals surface area contributed by atoms with Gasteiger partial charge in [-0.05, 0) is 18.1 Å². The molecule has 2 rings (SSSR count). The monoisotopic (exact) mass is 269 g/mol. The van der Waals surface area contributed by atoms with E-state index in [1.54, 1.807) is 13.0 Å². The molecule has 0 unspecified atom stereocenters. The number of aldehydes is 1. The van der Waals surface area contributed by atoms with Gasteiger partial charge in [0.1, 0.15) is 0 Å². The summed E-state index contributed by atoms with van der Waals surface area (Å²) in [5.41, 5.74) is 3.32. The number of nitrogens with zero attached hydrogens (tertiary/aromatic N) is 1. The van der Waals surface area contributed by atoms with Gasteiger partial charge in [0.2, 0.25) is 0 Å². The fourth-order valence-corrected chi connectivity index (χ4v) is 2.47. The molecule has 0 spiro atoms. The van der Waals surface area contributed by atoms with Gasteiger partial charge in [0.15, 0.2) is 12.1 Å². The molecule has 0 aliphatic heterocycles. The summed E-state index contributed by atoms with van der Waals surface area (Å²) >= 11 is 0. The molecule has 1 aromatic heterocycles. The van der Waals surface area contributed by atoms with Gasteiger partial charge in [-0.3, -0.25) is 9.59 Å². The van der Waals surface area contributed by atoms with Crippen molar-refractivity contribution >= 4 is 12.1 Å². The normalized spacial score (nSPS) is 10.5. The molecule has 20 heavy (non-hydrogen) atoms. The van der Waals surface area contributed by atoms with E-state index in [0.717, 1.165) is 30.4 Å². The molecule has 0 aliphatic rings. The Hall–Kier alpha value is -2.16. The van der Waals surface area contributed by atoms with E-state index < -0.39 is 0 Å². The van der Waals surface area contributed by atoms with Crippen LogP contribution < -0.4 is 0 Å². The topological polar surface area (TPSA) is 39.1 Å². The SMILES string of the molecule is CCCc1c(C=O)cc(C(C)=O)n1Cc1ccccc1. The second-order valence-corrected chi connectivity index (χ2v) is 4.93. The fourth-order valence-electron chi connectivity index (χ4n) is 2.47. The summed E-state index contributed by atoms with van der Waals surface area (Å²) in [6.07, 6.45) is 2.59. The van der Waals surface area contributed by atoms with Crippen LogP contribution in [0, 0.1) is 0 Å². The maximum absolute atomic E-state index is 11.8. The van der Waals surface area contributed by atoms with Crippen molar-refractivity contribution in [3.05, 3.63) is 58.9 Å². The molecule has 1 heterocycles. The smallest absolute Gasteiger partial charge is 0.176 e.